The summed E-state index contributed by atoms with van der Waals surface area (Å²) in [6.07, 6.45) is 11.0. The predicted octanol–water partition coefficient (Wildman–Crippen LogP) is 6.97. The largest absolute Gasteiger partial charge is 0.469 e. The van der Waals surface area contributed by atoms with E-state index in [2.05, 4.69) is 34.3 Å². The van der Waals surface area contributed by atoms with Crippen molar-refractivity contribution < 1.29 is 19.1 Å². The number of fused-ring (bicyclic) bond motifs is 5. The summed E-state index contributed by atoms with van der Waals surface area (Å²) in [5, 5.41) is 0. The molecule has 4 heteroatoms. The van der Waals surface area contributed by atoms with E-state index in [1.807, 2.05) is 0 Å². The number of esters is 2. The van der Waals surface area contributed by atoms with E-state index < -0.39 is 0 Å². The van der Waals surface area contributed by atoms with Crippen LogP contribution in [-0.2, 0) is 19.1 Å². The summed E-state index contributed by atoms with van der Waals surface area (Å²) in [5.41, 5.74) is 1.97. The Hall–Kier alpha value is -1.32. The molecule has 4 saturated carbocycles. The van der Waals surface area contributed by atoms with Gasteiger partial charge in [0.15, 0.2) is 0 Å². The fourth-order valence-electron chi connectivity index (χ4n) is 9.81. The van der Waals surface area contributed by atoms with Gasteiger partial charge in [0.05, 0.1) is 7.11 Å². The molecule has 0 unspecified atom stereocenters. The van der Waals surface area contributed by atoms with Gasteiger partial charge in [-0.3, -0.25) is 9.59 Å². The van der Waals surface area contributed by atoms with Gasteiger partial charge in [-0.1, -0.05) is 39.8 Å². The van der Waals surface area contributed by atoms with Crippen molar-refractivity contribution in [2.24, 2.45) is 52.3 Å². The Balaban J connectivity index is 1.66. The van der Waals surface area contributed by atoms with Gasteiger partial charge in [-0.05, 0) is 104 Å². The van der Waals surface area contributed by atoms with Crippen LogP contribution in [0.2, 0.25) is 0 Å². The highest BCUT2D eigenvalue weighted by molar-refractivity contribution is 5.69. The molecule has 0 heterocycles. The molecule has 0 N–H and O–H groups in total. The Morgan fingerprint density at radius 3 is 2.44 bits per heavy atom. The van der Waals surface area contributed by atoms with Crippen molar-refractivity contribution in [2.75, 3.05) is 7.11 Å². The van der Waals surface area contributed by atoms with Crippen LogP contribution in [0.15, 0.2) is 12.2 Å². The van der Waals surface area contributed by atoms with Crippen molar-refractivity contribution in [3.63, 3.8) is 0 Å². The van der Waals surface area contributed by atoms with Crippen molar-refractivity contribution >= 4 is 11.9 Å². The lowest BCUT2D eigenvalue weighted by Crippen LogP contribution is -2.62. The third-order valence-electron chi connectivity index (χ3n) is 11.4. The zero-order chi connectivity index (χ0) is 24.8. The van der Waals surface area contributed by atoms with Gasteiger partial charge in [0.25, 0.3) is 0 Å². The van der Waals surface area contributed by atoms with Crippen molar-refractivity contribution in [1.82, 2.24) is 0 Å². The molecule has 4 fully saturated rings. The van der Waals surface area contributed by atoms with Gasteiger partial charge in [-0.25, -0.2) is 0 Å². The Kier molecular flexibility index (Phi) is 7.29. The summed E-state index contributed by atoms with van der Waals surface area (Å²) < 4.78 is 11.2. The van der Waals surface area contributed by atoms with Crippen LogP contribution in [0.3, 0.4) is 0 Å². The molecular formula is C30H48O4. The van der Waals surface area contributed by atoms with Crippen LogP contribution >= 0.6 is 0 Å². The first-order valence-electron chi connectivity index (χ1n) is 14.0. The van der Waals surface area contributed by atoms with Crippen LogP contribution in [0.25, 0.3) is 0 Å². The topological polar surface area (TPSA) is 52.6 Å². The number of carbonyl (C=O) groups excluding carboxylic acids is 2. The third kappa shape index (κ3) is 4.15. The minimum Gasteiger partial charge on any atom is -0.469 e. The summed E-state index contributed by atoms with van der Waals surface area (Å²) >= 11 is 0. The van der Waals surface area contributed by atoms with Crippen LogP contribution < -0.4 is 0 Å². The molecule has 192 valence electrons. The van der Waals surface area contributed by atoms with E-state index in [-0.39, 0.29) is 23.5 Å². The summed E-state index contributed by atoms with van der Waals surface area (Å²) in [5.74, 6) is 3.59. The minimum atomic E-state index is -0.117. The van der Waals surface area contributed by atoms with Crippen LogP contribution in [-0.4, -0.2) is 25.2 Å². The second-order valence-electron chi connectivity index (χ2n) is 12.8. The normalized spacial score (nSPS) is 44.4. The fourth-order valence-corrected chi connectivity index (χ4v) is 9.81. The molecule has 0 radical (unpaired) electrons. The summed E-state index contributed by atoms with van der Waals surface area (Å²) in [6.45, 7) is 15.7. The van der Waals surface area contributed by atoms with Crippen LogP contribution in [0.1, 0.15) is 98.8 Å². The Morgan fingerprint density at radius 1 is 1.09 bits per heavy atom. The SMILES string of the molecule is C=C1CC[C@@]2(C)[C@@H](C1)[C@@H](CC)[C@@H](OC(C)=O)[C@@H]1[C@@H]2CC[C@]2(C)[C@@H]([C@H](C)CCC(=O)OC)CC[C@@H]12. The molecular weight excluding hydrogens is 424 g/mol. The molecule has 4 aliphatic carbocycles. The molecule has 0 saturated heterocycles. The summed E-state index contributed by atoms with van der Waals surface area (Å²) in [7, 11) is 1.48. The van der Waals surface area contributed by atoms with E-state index in [4.69, 9.17) is 9.47 Å². The highest BCUT2D eigenvalue weighted by Gasteiger charge is 2.65. The van der Waals surface area contributed by atoms with Crippen molar-refractivity contribution in [3.05, 3.63) is 12.2 Å². The van der Waals surface area contributed by atoms with E-state index in [0.29, 0.717) is 53.3 Å². The average molecular weight is 473 g/mol. The number of hydrogen-bond acceptors (Lipinski definition) is 4. The van der Waals surface area contributed by atoms with Crippen molar-refractivity contribution in [2.45, 2.75) is 105 Å². The molecule has 4 nitrogen and oxygen atoms in total. The maximum Gasteiger partial charge on any atom is 0.305 e. The number of allylic oxidation sites excluding steroid dienone is 1. The molecule has 0 aliphatic heterocycles. The number of carbonyl (C=O) groups is 2. The first-order valence-corrected chi connectivity index (χ1v) is 14.0. The molecule has 0 bridgehead atoms. The predicted molar refractivity (Wildman–Crippen MR) is 135 cm³/mol. The monoisotopic (exact) mass is 472 g/mol. The molecule has 0 aromatic carbocycles. The lowest BCUT2D eigenvalue weighted by atomic mass is 9.41. The van der Waals surface area contributed by atoms with Gasteiger partial charge in [0, 0.05) is 19.3 Å². The molecule has 0 spiro atoms. The first kappa shape index (κ1) is 25.8. The minimum absolute atomic E-state index is 0.0326. The highest BCUT2D eigenvalue weighted by atomic mass is 16.5. The van der Waals surface area contributed by atoms with E-state index in [0.717, 1.165) is 25.7 Å². The third-order valence-corrected chi connectivity index (χ3v) is 11.4. The second-order valence-corrected chi connectivity index (χ2v) is 12.8. The Morgan fingerprint density at radius 2 is 1.79 bits per heavy atom. The van der Waals surface area contributed by atoms with Crippen LogP contribution in [0.5, 0.6) is 0 Å². The number of rotatable bonds is 6. The smallest absolute Gasteiger partial charge is 0.305 e. The second kappa shape index (κ2) is 9.62. The summed E-state index contributed by atoms with van der Waals surface area (Å²) in [4.78, 5) is 24.2. The maximum absolute atomic E-state index is 12.4. The molecule has 0 aromatic rings. The number of hydrogen-bond donors (Lipinski definition) is 0. The fraction of sp³-hybridized carbons (Fsp3) is 0.867. The number of methoxy groups -OCH3 is 1. The van der Waals surface area contributed by atoms with Gasteiger partial charge >= 0.3 is 11.9 Å². The lowest BCUT2D eigenvalue weighted by Gasteiger charge is -2.65. The molecule has 10 atom stereocenters. The molecule has 34 heavy (non-hydrogen) atoms. The Bertz CT molecular complexity index is 804. The lowest BCUT2D eigenvalue weighted by molar-refractivity contribution is -0.208. The molecule has 0 aromatic heterocycles. The molecule has 0 amide bonds. The highest BCUT2D eigenvalue weighted by Crippen LogP contribution is 2.70. The van der Waals surface area contributed by atoms with Gasteiger partial charge in [0.2, 0.25) is 0 Å². The van der Waals surface area contributed by atoms with Gasteiger partial charge in [0.1, 0.15) is 6.10 Å². The van der Waals surface area contributed by atoms with E-state index >= 15 is 0 Å². The average Bonchev–Trinajstić information content (AvgIpc) is 3.15. The van der Waals surface area contributed by atoms with Crippen LogP contribution in [0.4, 0.5) is 0 Å². The van der Waals surface area contributed by atoms with E-state index in [1.54, 1.807) is 6.92 Å². The van der Waals surface area contributed by atoms with E-state index in [1.165, 1.54) is 44.8 Å². The first-order chi connectivity index (χ1) is 16.1. The maximum atomic E-state index is 12.4. The standard InChI is InChI=1S/C30H48O4/c1-8-21-25-17-18(2)13-15-30(25,6)24-14-16-29(5)22(19(3)9-12-26(32)33-7)10-11-23(29)27(24)28(21)34-20(4)31/h19,21-25,27-28H,2,8-17H2,1,3-7H3/t19-,21-,22-,23+,24+,25+,27+,28-,29-,30-/m1/s1. The quantitative estimate of drug-likeness (QED) is 0.309. The number of ether oxygens (including phenoxy) is 2. The zero-order valence-electron chi connectivity index (χ0n) is 22.5. The molecule has 4 rings (SSSR count). The van der Waals surface area contributed by atoms with Crippen molar-refractivity contribution in [3.8, 4) is 0 Å². The van der Waals surface area contributed by atoms with Gasteiger partial charge < -0.3 is 9.47 Å². The van der Waals surface area contributed by atoms with Gasteiger partial charge in [-0.15, -0.1) is 0 Å². The van der Waals surface area contributed by atoms with E-state index in [9.17, 15) is 9.59 Å². The zero-order valence-corrected chi connectivity index (χ0v) is 22.5. The Labute approximate surface area is 207 Å². The van der Waals surface area contributed by atoms with Gasteiger partial charge in [-0.2, -0.15) is 0 Å². The summed E-state index contributed by atoms with van der Waals surface area (Å²) in [6, 6.07) is 0. The van der Waals surface area contributed by atoms with Crippen LogP contribution in [0, 0.1) is 52.3 Å². The van der Waals surface area contributed by atoms with Crippen molar-refractivity contribution in [1.29, 1.82) is 0 Å². The molecule has 4 aliphatic rings.